The van der Waals surface area contributed by atoms with Crippen LogP contribution in [0.2, 0.25) is 10.0 Å². The molecule has 0 spiro atoms. The smallest absolute Gasteiger partial charge is 0.344 e. The molecule has 1 heterocycles. The van der Waals surface area contributed by atoms with Gasteiger partial charge in [-0.05, 0) is 35.9 Å². The van der Waals surface area contributed by atoms with E-state index in [1.165, 1.54) is 18.9 Å². The van der Waals surface area contributed by atoms with Crippen molar-refractivity contribution < 1.29 is 14.3 Å². The van der Waals surface area contributed by atoms with Gasteiger partial charge in [0.05, 0.1) is 12.6 Å². The number of esters is 1. The molecule has 0 bridgehead atoms. The van der Waals surface area contributed by atoms with Crippen molar-refractivity contribution in [2.24, 2.45) is 0 Å². The lowest BCUT2D eigenvalue weighted by atomic mass is 10.1. The number of para-hydroxylation sites is 1. The Kier molecular flexibility index (Phi) is 7.20. The van der Waals surface area contributed by atoms with Crippen LogP contribution in [0.4, 0.5) is 0 Å². The van der Waals surface area contributed by atoms with Gasteiger partial charge in [-0.1, -0.05) is 65.7 Å². The Morgan fingerprint density at radius 3 is 2.44 bits per heavy atom. The number of pyridine rings is 1. The minimum absolute atomic E-state index is 0.207. The molecular weight excluding hydrogens is 465 g/mol. The standard InChI is InChI=1S/C25H19Cl2NO3S/c1-30-25(29)22-23(31-14-17-6-2-4-8-20(17)27)19-7-3-5-9-21(19)28-24(22)32-15-16-10-12-18(26)13-11-16/h2-13H,14-15H2,1H3. The van der Waals surface area contributed by atoms with Gasteiger partial charge in [-0.3, -0.25) is 0 Å². The maximum Gasteiger partial charge on any atom is 0.344 e. The molecule has 0 fully saturated rings. The summed E-state index contributed by atoms with van der Waals surface area (Å²) in [6, 6.07) is 22.6. The summed E-state index contributed by atoms with van der Waals surface area (Å²) in [5.41, 5.74) is 2.91. The fourth-order valence-corrected chi connectivity index (χ4v) is 4.49. The SMILES string of the molecule is COC(=O)c1c(SCc2ccc(Cl)cc2)nc2ccccc2c1OCc1ccccc1Cl. The van der Waals surface area contributed by atoms with E-state index in [-0.39, 0.29) is 6.61 Å². The number of methoxy groups -OCH3 is 1. The number of carbonyl (C=O) groups excluding carboxylic acids is 1. The van der Waals surface area contributed by atoms with Crippen LogP contribution < -0.4 is 4.74 Å². The molecule has 0 N–H and O–H groups in total. The molecule has 3 aromatic carbocycles. The molecule has 0 saturated carbocycles. The summed E-state index contributed by atoms with van der Waals surface area (Å²) < 4.78 is 11.3. The van der Waals surface area contributed by atoms with E-state index in [0.717, 1.165) is 22.0 Å². The lowest BCUT2D eigenvalue weighted by Crippen LogP contribution is -2.10. The number of carbonyl (C=O) groups is 1. The number of benzene rings is 3. The lowest BCUT2D eigenvalue weighted by molar-refractivity contribution is 0.0590. The third-order valence-electron chi connectivity index (χ3n) is 4.82. The van der Waals surface area contributed by atoms with Crippen LogP contribution in [0.25, 0.3) is 10.9 Å². The van der Waals surface area contributed by atoms with Crippen molar-refractivity contribution in [3.05, 3.63) is 99.5 Å². The van der Waals surface area contributed by atoms with Crippen molar-refractivity contribution in [3.8, 4) is 5.75 Å². The predicted molar refractivity (Wildman–Crippen MR) is 130 cm³/mol. The van der Waals surface area contributed by atoms with Gasteiger partial charge in [0.15, 0.2) is 0 Å². The molecular formula is C25H19Cl2NO3S. The Bertz CT molecular complexity index is 1260. The zero-order valence-electron chi connectivity index (χ0n) is 17.2. The van der Waals surface area contributed by atoms with Crippen LogP contribution in [0, 0.1) is 0 Å². The first-order valence-electron chi connectivity index (χ1n) is 9.81. The average Bonchev–Trinajstić information content (AvgIpc) is 2.82. The number of rotatable bonds is 7. The molecule has 0 aliphatic carbocycles. The highest BCUT2D eigenvalue weighted by atomic mass is 35.5. The quantitative estimate of drug-likeness (QED) is 0.205. The Hall–Kier alpha value is -2.73. The number of ether oxygens (including phenoxy) is 2. The number of aromatic nitrogens is 1. The third-order valence-corrected chi connectivity index (χ3v) is 6.49. The predicted octanol–water partition coefficient (Wildman–Crippen LogP) is 7.20. The minimum Gasteiger partial charge on any atom is -0.487 e. The monoisotopic (exact) mass is 483 g/mol. The van der Waals surface area contributed by atoms with E-state index >= 15 is 0 Å². The minimum atomic E-state index is -0.504. The summed E-state index contributed by atoms with van der Waals surface area (Å²) in [5.74, 6) is 0.535. The van der Waals surface area contributed by atoms with E-state index in [4.69, 9.17) is 37.7 Å². The van der Waals surface area contributed by atoms with Crippen molar-refractivity contribution in [1.29, 1.82) is 0 Å². The van der Waals surface area contributed by atoms with Crippen molar-refractivity contribution in [1.82, 2.24) is 4.98 Å². The number of hydrogen-bond acceptors (Lipinski definition) is 5. The van der Waals surface area contributed by atoms with E-state index in [9.17, 15) is 4.79 Å². The summed E-state index contributed by atoms with van der Waals surface area (Å²) in [5, 5.41) is 2.55. The topological polar surface area (TPSA) is 48.4 Å². The van der Waals surface area contributed by atoms with Gasteiger partial charge in [-0.25, -0.2) is 9.78 Å². The molecule has 0 unspecified atom stereocenters. The van der Waals surface area contributed by atoms with Crippen LogP contribution in [0.15, 0.2) is 77.8 Å². The van der Waals surface area contributed by atoms with Crippen molar-refractivity contribution >= 4 is 51.8 Å². The van der Waals surface area contributed by atoms with Gasteiger partial charge >= 0.3 is 5.97 Å². The molecule has 4 nitrogen and oxygen atoms in total. The van der Waals surface area contributed by atoms with Crippen molar-refractivity contribution in [3.63, 3.8) is 0 Å². The fraction of sp³-hybridized carbons (Fsp3) is 0.120. The van der Waals surface area contributed by atoms with Crippen LogP contribution in [-0.4, -0.2) is 18.1 Å². The van der Waals surface area contributed by atoms with Gasteiger partial charge in [-0.2, -0.15) is 0 Å². The molecule has 32 heavy (non-hydrogen) atoms. The summed E-state index contributed by atoms with van der Waals surface area (Å²) in [4.78, 5) is 17.6. The van der Waals surface area contributed by atoms with Gasteiger partial charge in [0.1, 0.15) is 22.9 Å². The van der Waals surface area contributed by atoms with Gasteiger partial charge in [0, 0.05) is 26.7 Å². The number of hydrogen-bond donors (Lipinski definition) is 0. The summed E-state index contributed by atoms with van der Waals surface area (Å²) in [6.07, 6.45) is 0. The Morgan fingerprint density at radius 1 is 0.969 bits per heavy atom. The second-order valence-electron chi connectivity index (χ2n) is 6.93. The molecule has 7 heteroatoms. The lowest BCUT2D eigenvalue weighted by Gasteiger charge is -2.17. The second kappa shape index (κ2) is 10.3. The van der Waals surface area contributed by atoms with Crippen LogP contribution >= 0.6 is 35.0 Å². The van der Waals surface area contributed by atoms with Crippen LogP contribution in [0.5, 0.6) is 5.75 Å². The zero-order valence-corrected chi connectivity index (χ0v) is 19.5. The molecule has 0 aliphatic rings. The van der Waals surface area contributed by atoms with E-state index in [1.54, 1.807) is 6.07 Å². The first-order chi connectivity index (χ1) is 15.6. The highest BCUT2D eigenvalue weighted by molar-refractivity contribution is 7.98. The largest absolute Gasteiger partial charge is 0.487 e. The Morgan fingerprint density at radius 2 is 1.69 bits per heavy atom. The highest BCUT2D eigenvalue weighted by Crippen LogP contribution is 2.37. The number of halogens is 2. The summed E-state index contributed by atoms with van der Waals surface area (Å²) >= 11 is 13.7. The van der Waals surface area contributed by atoms with Gasteiger partial charge in [0.25, 0.3) is 0 Å². The Balaban J connectivity index is 1.76. The first-order valence-corrected chi connectivity index (χ1v) is 11.6. The molecule has 0 atom stereocenters. The zero-order chi connectivity index (χ0) is 22.5. The van der Waals surface area contributed by atoms with E-state index in [2.05, 4.69) is 0 Å². The van der Waals surface area contributed by atoms with Crippen molar-refractivity contribution in [2.45, 2.75) is 17.4 Å². The van der Waals surface area contributed by atoms with E-state index < -0.39 is 5.97 Å². The summed E-state index contributed by atoms with van der Waals surface area (Å²) in [7, 11) is 1.35. The molecule has 0 amide bonds. The van der Waals surface area contributed by atoms with Crippen LogP contribution in [0.3, 0.4) is 0 Å². The first kappa shape index (κ1) is 22.5. The normalized spacial score (nSPS) is 10.8. The number of fused-ring (bicyclic) bond motifs is 1. The van der Waals surface area contributed by atoms with Crippen LogP contribution in [0.1, 0.15) is 21.5 Å². The third kappa shape index (κ3) is 5.01. The maximum absolute atomic E-state index is 12.8. The Labute approximate surface area is 200 Å². The van der Waals surface area contributed by atoms with E-state index in [0.29, 0.717) is 32.1 Å². The van der Waals surface area contributed by atoms with Crippen molar-refractivity contribution in [2.75, 3.05) is 7.11 Å². The molecule has 1 aromatic heterocycles. The maximum atomic E-state index is 12.8. The van der Waals surface area contributed by atoms with Crippen LogP contribution in [-0.2, 0) is 17.1 Å². The molecule has 4 rings (SSSR count). The average molecular weight is 484 g/mol. The van der Waals surface area contributed by atoms with Gasteiger partial charge in [0.2, 0.25) is 0 Å². The van der Waals surface area contributed by atoms with Gasteiger partial charge < -0.3 is 9.47 Å². The number of nitrogens with zero attached hydrogens (tertiary/aromatic N) is 1. The highest BCUT2D eigenvalue weighted by Gasteiger charge is 2.24. The van der Waals surface area contributed by atoms with Gasteiger partial charge in [-0.15, -0.1) is 11.8 Å². The molecule has 0 saturated heterocycles. The second-order valence-corrected chi connectivity index (χ2v) is 8.73. The molecule has 162 valence electrons. The summed E-state index contributed by atoms with van der Waals surface area (Å²) in [6.45, 7) is 0.207. The fourth-order valence-electron chi connectivity index (χ4n) is 3.19. The molecule has 0 radical (unpaired) electrons. The molecule has 4 aromatic rings. The number of thioether (sulfide) groups is 1. The van der Waals surface area contributed by atoms with E-state index in [1.807, 2.05) is 66.7 Å². The molecule has 0 aliphatic heterocycles.